The van der Waals surface area contributed by atoms with Crippen LogP contribution in [0.25, 0.3) is 0 Å². The molecule has 0 saturated heterocycles. The van der Waals surface area contributed by atoms with Gasteiger partial charge in [-0.25, -0.2) is 14.3 Å². The van der Waals surface area contributed by atoms with Gasteiger partial charge in [-0.15, -0.1) is 0 Å². The second-order valence-corrected chi connectivity index (χ2v) is 4.89. The van der Waals surface area contributed by atoms with Crippen molar-refractivity contribution in [3.05, 3.63) is 60.8 Å². The summed E-state index contributed by atoms with van der Waals surface area (Å²) in [5, 5.41) is 11.1. The molecule has 0 radical (unpaired) electrons. The maximum atomic E-state index is 12.0. The number of hydrogen-bond donors (Lipinski definition) is 1. The first-order valence-electron chi connectivity index (χ1n) is 6.95. The fraction of sp³-hybridized carbons (Fsp3) is 0.200. The summed E-state index contributed by atoms with van der Waals surface area (Å²) in [6.45, 7) is 2.15. The molecule has 0 aliphatic rings. The van der Waals surface area contributed by atoms with Crippen LogP contribution >= 0.6 is 0 Å². The maximum absolute atomic E-state index is 12.0. The summed E-state index contributed by atoms with van der Waals surface area (Å²) in [6.07, 6.45) is 4.57. The highest BCUT2D eigenvalue weighted by atomic mass is 16.2. The van der Waals surface area contributed by atoms with Gasteiger partial charge in [0.1, 0.15) is 25.0 Å². The highest BCUT2D eigenvalue weighted by molar-refractivity contribution is 5.89. The van der Waals surface area contributed by atoms with E-state index in [1.54, 1.807) is 16.9 Å². The predicted molar refractivity (Wildman–Crippen MR) is 81.1 cm³/mol. The molecule has 1 aromatic carbocycles. The first kappa shape index (κ1) is 14.0. The number of rotatable bonds is 5. The molecule has 0 aliphatic heterocycles. The lowest BCUT2D eigenvalue weighted by molar-refractivity contribution is -0.117. The lowest BCUT2D eigenvalue weighted by Gasteiger charge is -2.16. The number of carbonyl (C=O) groups excluding carboxylic acids is 1. The van der Waals surface area contributed by atoms with E-state index in [9.17, 15) is 4.79 Å². The number of carbonyl (C=O) groups is 1. The van der Waals surface area contributed by atoms with Crippen molar-refractivity contribution in [1.29, 1.82) is 0 Å². The Bertz CT molecular complexity index is 735. The molecule has 2 aromatic heterocycles. The summed E-state index contributed by atoms with van der Waals surface area (Å²) >= 11 is 0. The fourth-order valence-electron chi connectivity index (χ4n) is 2.24. The van der Waals surface area contributed by atoms with Crippen molar-refractivity contribution in [2.75, 3.05) is 5.32 Å². The van der Waals surface area contributed by atoms with Crippen molar-refractivity contribution in [1.82, 2.24) is 24.5 Å². The molecule has 7 heteroatoms. The maximum Gasteiger partial charge on any atom is 0.247 e. The molecule has 3 aromatic rings. The van der Waals surface area contributed by atoms with Crippen LogP contribution in [0.3, 0.4) is 0 Å². The van der Waals surface area contributed by atoms with E-state index < -0.39 is 0 Å². The van der Waals surface area contributed by atoms with Crippen molar-refractivity contribution in [2.45, 2.75) is 19.5 Å². The van der Waals surface area contributed by atoms with Crippen LogP contribution in [-0.2, 0) is 11.3 Å². The zero-order valence-corrected chi connectivity index (χ0v) is 12.1. The average molecular weight is 296 g/mol. The molecule has 3 rings (SSSR count). The van der Waals surface area contributed by atoms with Gasteiger partial charge in [-0.05, 0) is 12.5 Å². The Hall–Kier alpha value is -2.96. The van der Waals surface area contributed by atoms with Crippen LogP contribution in [0.2, 0.25) is 0 Å². The third-order valence-electron chi connectivity index (χ3n) is 3.36. The Morgan fingerprint density at radius 3 is 2.77 bits per heavy atom. The lowest BCUT2D eigenvalue weighted by atomic mass is 10.1. The zero-order chi connectivity index (χ0) is 15.4. The van der Waals surface area contributed by atoms with Crippen molar-refractivity contribution in [3.63, 3.8) is 0 Å². The Balaban J connectivity index is 1.73. The van der Waals surface area contributed by atoms with E-state index in [-0.39, 0.29) is 18.5 Å². The van der Waals surface area contributed by atoms with Crippen LogP contribution in [-0.4, -0.2) is 30.5 Å². The molecule has 0 bridgehead atoms. The standard InChI is InChI=1S/C15H16N6O/c1-12(13-5-3-2-4-6-13)21-14(7-8-17-21)19-15(22)9-20-11-16-10-18-20/h2-8,10-12H,9H2,1H3,(H,19,22). The van der Waals surface area contributed by atoms with Crippen LogP contribution in [0.15, 0.2) is 55.2 Å². The molecule has 1 amide bonds. The summed E-state index contributed by atoms with van der Waals surface area (Å²) in [6, 6.07) is 11.8. The number of aromatic nitrogens is 5. The lowest BCUT2D eigenvalue weighted by Crippen LogP contribution is -2.22. The van der Waals surface area contributed by atoms with Crippen LogP contribution < -0.4 is 5.32 Å². The van der Waals surface area contributed by atoms with Gasteiger partial charge in [0.05, 0.1) is 12.2 Å². The van der Waals surface area contributed by atoms with Gasteiger partial charge in [0, 0.05) is 6.07 Å². The predicted octanol–water partition coefficient (Wildman–Crippen LogP) is 1.72. The molecule has 7 nitrogen and oxygen atoms in total. The van der Waals surface area contributed by atoms with E-state index in [2.05, 4.69) is 20.5 Å². The number of benzene rings is 1. The van der Waals surface area contributed by atoms with E-state index in [4.69, 9.17) is 0 Å². The van der Waals surface area contributed by atoms with Gasteiger partial charge in [-0.3, -0.25) is 4.79 Å². The third kappa shape index (κ3) is 3.03. The molecule has 22 heavy (non-hydrogen) atoms. The van der Waals surface area contributed by atoms with Crippen molar-refractivity contribution in [2.24, 2.45) is 0 Å². The summed E-state index contributed by atoms with van der Waals surface area (Å²) in [5.41, 5.74) is 1.12. The molecule has 1 atom stereocenters. The SMILES string of the molecule is CC(c1ccccc1)n1nccc1NC(=O)Cn1cncn1. The molecule has 0 aliphatic carbocycles. The highest BCUT2D eigenvalue weighted by Crippen LogP contribution is 2.21. The quantitative estimate of drug-likeness (QED) is 0.777. The summed E-state index contributed by atoms with van der Waals surface area (Å²) in [4.78, 5) is 15.9. The minimum absolute atomic E-state index is 0.0258. The van der Waals surface area contributed by atoms with Crippen LogP contribution in [0.5, 0.6) is 0 Å². The van der Waals surface area contributed by atoms with Gasteiger partial charge in [-0.2, -0.15) is 10.2 Å². The molecule has 2 heterocycles. The molecule has 0 saturated carbocycles. The molecule has 0 spiro atoms. The summed E-state index contributed by atoms with van der Waals surface area (Å²) in [5.74, 6) is 0.481. The smallest absolute Gasteiger partial charge is 0.247 e. The van der Waals surface area contributed by atoms with Crippen LogP contribution in [0.1, 0.15) is 18.5 Å². The fourth-order valence-corrected chi connectivity index (χ4v) is 2.24. The van der Waals surface area contributed by atoms with Gasteiger partial charge in [-0.1, -0.05) is 30.3 Å². The second kappa shape index (κ2) is 6.21. The topological polar surface area (TPSA) is 77.6 Å². The minimum atomic E-state index is -0.174. The van der Waals surface area contributed by atoms with E-state index in [1.807, 2.05) is 37.3 Å². The van der Waals surface area contributed by atoms with Gasteiger partial charge >= 0.3 is 0 Å². The number of amides is 1. The number of hydrogen-bond acceptors (Lipinski definition) is 4. The Kier molecular flexibility index (Phi) is 3.95. The number of anilines is 1. The van der Waals surface area contributed by atoms with Gasteiger partial charge < -0.3 is 5.32 Å². The summed E-state index contributed by atoms with van der Waals surface area (Å²) < 4.78 is 3.26. The molecule has 112 valence electrons. The first-order valence-corrected chi connectivity index (χ1v) is 6.95. The Labute approximate surface area is 127 Å². The number of nitrogens with one attached hydrogen (secondary N) is 1. The van der Waals surface area contributed by atoms with E-state index in [0.717, 1.165) is 5.56 Å². The normalized spacial score (nSPS) is 12.0. The zero-order valence-electron chi connectivity index (χ0n) is 12.1. The van der Waals surface area contributed by atoms with E-state index in [1.165, 1.54) is 17.3 Å². The minimum Gasteiger partial charge on any atom is -0.309 e. The third-order valence-corrected chi connectivity index (χ3v) is 3.36. The van der Waals surface area contributed by atoms with Crippen LogP contribution in [0, 0.1) is 0 Å². The van der Waals surface area contributed by atoms with Crippen molar-refractivity contribution >= 4 is 11.7 Å². The highest BCUT2D eigenvalue weighted by Gasteiger charge is 2.14. The number of nitrogens with zero attached hydrogens (tertiary/aromatic N) is 5. The molecule has 0 fully saturated rings. The van der Waals surface area contributed by atoms with E-state index >= 15 is 0 Å². The average Bonchev–Trinajstić information content (AvgIpc) is 3.19. The van der Waals surface area contributed by atoms with Gasteiger partial charge in [0.2, 0.25) is 5.91 Å². The molecular formula is C15H16N6O. The van der Waals surface area contributed by atoms with Crippen molar-refractivity contribution < 1.29 is 4.79 Å². The largest absolute Gasteiger partial charge is 0.309 e. The van der Waals surface area contributed by atoms with Crippen molar-refractivity contribution in [3.8, 4) is 0 Å². The Morgan fingerprint density at radius 2 is 2.05 bits per heavy atom. The van der Waals surface area contributed by atoms with Gasteiger partial charge in [0.15, 0.2) is 0 Å². The second-order valence-electron chi connectivity index (χ2n) is 4.89. The van der Waals surface area contributed by atoms with Crippen LogP contribution in [0.4, 0.5) is 5.82 Å². The first-order chi connectivity index (χ1) is 10.7. The summed E-state index contributed by atoms with van der Waals surface area (Å²) in [7, 11) is 0. The molecular weight excluding hydrogens is 280 g/mol. The Morgan fingerprint density at radius 1 is 1.23 bits per heavy atom. The molecule has 1 N–H and O–H groups in total. The van der Waals surface area contributed by atoms with Gasteiger partial charge in [0.25, 0.3) is 0 Å². The molecule has 1 unspecified atom stereocenters. The van der Waals surface area contributed by atoms with E-state index in [0.29, 0.717) is 5.82 Å². The monoisotopic (exact) mass is 296 g/mol.